The Morgan fingerprint density at radius 2 is 1.82 bits per heavy atom. The molecule has 0 spiro atoms. The van der Waals surface area contributed by atoms with Gasteiger partial charge in [0.1, 0.15) is 0 Å². The van der Waals surface area contributed by atoms with E-state index in [1.54, 1.807) is 31.3 Å². The van der Waals surface area contributed by atoms with Crippen LogP contribution < -0.4 is 11.0 Å². The molecule has 22 heavy (non-hydrogen) atoms. The Balaban J connectivity index is 2.43. The maximum absolute atomic E-state index is 12.6. The number of aromatic hydroxyl groups is 1. The smallest absolute Gasteiger partial charge is 0.283 e. The van der Waals surface area contributed by atoms with Crippen molar-refractivity contribution in [2.75, 3.05) is 0 Å². The molecule has 0 radical (unpaired) electrons. The summed E-state index contributed by atoms with van der Waals surface area (Å²) in [5.74, 6) is -0.579. The molecule has 1 aromatic carbocycles. The average molecular weight is 337 g/mol. The number of rotatable bonds is 1. The number of aromatic nitrogens is 2. The molecule has 5 nitrogen and oxygen atoms in total. The molecule has 7 heteroatoms. The fourth-order valence-electron chi connectivity index (χ4n) is 2.27. The van der Waals surface area contributed by atoms with Crippen molar-refractivity contribution in [1.82, 2.24) is 8.97 Å². The van der Waals surface area contributed by atoms with Gasteiger partial charge >= 0.3 is 0 Å². The average Bonchev–Trinajstić information content (AvgIpc) is 2.48. The zero-order valence-corrected chi connectivity index (χ0v) is 12.9. The normalized spacial score (nSPS) is 11.0. The number of benzene rings is 1. The highest BCUT2D eigenvalue weighted by atomic mass is 35.5. The lowest BCUT2D eigenvalue weighted by molar-refractivity contribution is 0.472. The van der Waals surface area contributed by atoms with Crippen LogP contribution in [0.2, 0.25) is 10.0 Å². The van der Waals surface area contributed by atoms with Gasteiger partial charge in [-0.2, -0.15) is 0 Å². The minimum Gasteiger partial charge on any atom is -0.503 e. The van der Waals surface area contributed by atoms with Crippen LogP contribution in [0.3, 0.4) is 0 Å². The summed E-state index contributed by atoms with van der Waals surface area (Å²) in [5, 5.41) is 10.6. The minimum absolute atomic E-state index is 0.0847. The third-order valence-electron chi connectivity index (χ3n) is 3.37. The topological polar surface area (TPSA) is 63.7 Å². The van der Waals surface area contributed by atoms with Crippen LogP contribution in [0.15, 0.2) is 46.2 Å². The van der Waals surface area contributed by atoms with Gasteiger partial charge < -0.3 is 9.51 Å². The van der Waals surface area contributed by atoms with E-state index < -0.39 is 16.7 Å². The first-order valence-electron chi connectivity index (χ1n) is 6.32. The molecular formula is C15H10Cl2N2O3. The zero-order valence-electron chi connectivity index (χ0n) is 11.4. The van der Waals surface area contributed by atoms with Crippen LogP contribution in [0.25, 0.3) is 11.2 Å². The second-order valence-electron chi connectivity index (χ2n) is 4.79. The molecule has 1 N–H and O–H groups in total. The zero-order chi connectivity index (χ0) is 16.0. The van der Waals surface area contributed by atoms with Gasteiger partial charge in [-0.3, -0.25) is 14.2 Å². The third-order valence-corrected chi connectivity index (χ3v) is 4.11. The molecule has 0 aliphatic carbocycles. The lowest BCUT2D eigenvalue weighted by atomic mass is 10.2. The molecule has 3 aromatic rings. The number of fused-ring (bicyclic) bond motifs is 1. The van der Waals surface area contributed by atoms with Gasteiger partial charge in [0, 0.05) is 24.2 Å². The molecule has 0 saturated carbocycles. The number of pyridine rings is 1. The Morgan fingerprint density at radius 1 is 1.09 bits per heavy atom. The molecule has 0 aliphatic rings. The Bertz CT molecular complexity index is 1020. The van der Waals surface area contributed by atoms with Crippen molar-refractivity contribution in [3.05, 3.63) is 73.0 Å². The molecule has 0 saturated heterocycles. The molecule has 0 unspecified atom stereocenters. The second-order valence-corrected chi connectivity index (χ2v) is 5.61. The molecule has 0 fully saturated rings. The standard InChI is InChI=1S/C15H10Cl2N2O3/c1-8-7-19(9-2-3-10(16)11(17)6-9)15(22)13-14(21)12(20)4-5-18(8)13/h2-7,21H,1H3. The van der Waals surface area contributed by atoms with E-state index in [1.165, 1.54) is 21.2 Å². The van der Waals surface area contributed by atoms with E-state index in [9.17, 15) is 14.7 Å². The largest absolute Gasteiger partial charge is 0.503 e. The highest BCUT2D eigenvalue weighted by Crippen LogP contribution is 2.24. The predicted octanol–water partition coefficient (Wildman–Crippen LogP) is 2.77. The number of aryl methyl sites for hydroxylation is 1. The van der Waals surface area contributed by atoms with Gasteiger partial charge in [0.25, 0.3) is 5.56 Å². The van der Waals surface area contributed by atoms with Crippen molar-refractivity contribution in [2.24, 2.45) is 0 Å². The Labute approximate surface area is 134 Å². The van der Waals surface area contributed by atoms with Crippen LogP contribution in [0.5, 0.6) is 5.75 Å². The highest BCUT2D eigenvalue weighted by molar-refractivity contribution is 6.42. The van der Waals surface area contributed by atoms with Gasteiger partial charge in [-0.05, 0) is 25.1 Å². The van der Waals surface area contributed by atoms with Gasteiger partial charge in [-0.25, -0.2) is 0 Å². The van der Waals surface area contributed by atoms with E-state index in [4.69, 9.17) is 23.2 Å². The number of halogens is 2. The molecule has 112 valence electrons. The van der Waals surface area contributed by atoms with Crippen LogP contribution in [0.1, 0.15) is 5.69 Å². The summed E-state index contributed by atoms with van der Waals surface area (Å²) >= 11 is 11.9. The summed E-state index contributed by atoms with van der Waals surface area (Å²) in [7, 11) is 0. The first-order chi connectivity index (χ1) is 10.4. The van der Waals surface area contributed by atoms with Crippen LogP contribution in [-0.4, -0.2) is 14.1 Å². The Hall–Kier alpha value is -2.24. The van der Waals surface area contributed by atoms with Crippen LogP contribution >= 0.6 is 23.2 Å². The third kappa shape index (κ3) is 2.19. The van der Waals surface area contributed by atoms with Crippen molar-refractivity contribution in [3.8, 4) is 11.4 Å². The van der Waals surface area contributed by atoms with Gasteiger partial charge in [0.2, 0.25) is 5.43 Å². The number of hydrogen-bond donors (Lipinski definition) is 1. The first-order valence-corrected chi connectivity index (χ1v) is 7.08. The monoisotopic (exact) mass is 336 g/mol. The van der Waals surface area contributed by atoms with Gasteiger partial charge in [-0.15, -0.1) is 0 Å². The van der Waals surface area contributed by atoms with E-state index in [1.807, 2.05) is 0 Å². The molecule has 0 bridgehead atoms. The van der Waals surface area contributed by atoms with E-state index in [2.05, 4.69) is 0 Å². The van der Waals surface area contributed by atoms with Crippen LogP contribution in [0.4, 0.5) is 0 Å². The van der Waals surface area contributed by atoms with E-state index >= 15 is 0 Å². The van der Waals surface area contributed by atoms with E-state index in [0.29, 0.717) is 21.4 Å². The molecule has 0 amide bonds. The minimum atomic E-state index is -0.608. The van der Waals surface area contributed by atoms with Gasteiger partial charge in [0.15, 0.2) is 11.3 Å². The fourth-order valence-corrected chi connectivity index (χ4v) is 2.57. The van der Waals surface area contributed by atoms with Crippen molar-refractivity contribution in [1.29, 1.82) is 0 Å². The SMILES string of the molecule is Cc1cn(-c2ccc(Cl)c(Cl)c2)c(=O)c2c(O)c(=O)ccn12. The van der Waals surface area contributed by atoms with Crippen LogP contribution in [-0.2, 0) is 0 Å². The second kappa shape index (κ2) is 5.19. The van der Waals surface area contributed by atoms with Crippen molar-refractivity contribution >= 4 is 28.7 Å². The molecule has 0 atom stereocenters. The van der Waals surface area contributed by atoms with Crippen molar-refractivity contribution < 1.29 is 5.11 Å². The summed E-state index contributed by atoms with van der Waals surface area (Å²) in [6.45, 7) is 1.75. The predicted molar refractivity (Wildman–Crippen MR) is 85.7 cm³/mol. The Morgan fingerprint density at radius 3 is 2.50 bits per heavy atom. The molecule has 2 heterocycles. The maximum atomic E-state index is 12.6. The summed E-state index contributed by atoms with van der Waals surface area (Å²) in [6.07, 6.45) is 3.05. The molecule has 3 rings (SSSR count). The fraction of sp³-hybridized carbons (Fsp3) is 0.0667. The summed E-state index contributed by atoms with van der Waals surface area (Å²) in [4.78, 5) is 24.2. The lowest BCUT2D eigenvalue weighted by Crippen LogP contribution is -2.23. The lowest BCUT2D eigenvalue weighted by Gasteiger charge is -2.12. The quantitative estimate of drug-likeness (QED) is 0.743. The summed E-state index contributed by atoms with van der Waals surface area (Å²) < 4.78 is 2.78. The summed E-state index contributed by atoms with van der Waals surface area (Å²) in [6, 6.07) is 5.95. The van der Waals surface area contributed by atoms with E-state index in [0.717, 1.165) is 0 Å². The molecule has 0 aliphatic heterocycles. The number of nitrogens with zero attached hydrogens (tertiary/aromatic N) is 2. The first kappa shape index (κ1) is 14.7. The van der Waals surface area contributed by atoms with E-state index in [-0.39, 0.29) is 5.52 Å². The van der Waals surface area contributed by atoms with Gasteiger partial charge in [-0.1, -0.05) is 23.2 Å². The van der Waals surface area contributed by atoms with Crippen molar-refractivity contribution in [2.45, 2.75) is 6.92 Å². The highest BCUT2D eigenvalue weighted by Gasteiger charge is 2.13. The molecular weight excluding hydrogens is 327 g/mol. The Kier molecular flexibility index (Phi) is 3.47. The van der Waals surface area contributed by atoms with Gasteiger partial charge in [0.05, 0.1) is 15.7 Å². The van der Waals surface area contributed by atoms with Crippen molar-refractivity contribution in [3.63, 3.8) is 0 Å². The number of hydrogen-bond acceptors (Lipinski definition) is 3. The molecule has 2 aromatic heterocycles. The maximum Gasteiger partial charge on any atom is 0.283 e. The van der Waals surface area contributed by atoms with Crippen LogP contribution in [0, 0.1) is 6.92 Å². The summed E-state index contributed by atoms with van der Waals surface area (Å²) in [5.41, 5.74) is -0.0715.